The van der Waals surface area contributed by atoms with Crippen molar-refractivity contribution >= 4 is 5.91 Å². The number of nitrogens with zero attached hydrogens (tertiary/aromatic N) is 3. The first kappa shape index (κ1) is 20.5. The summed E-state index contributed by atoms with van der Waals surface area (Å²) in [7, 11) is 0. The van der Waals surface area contributed by atoms with Crippen LogP contribution in [0, 0.1) is 24.6 Å². The minimum absolute atomic E-state index is 0.0197. The van der Waals surface area contributed by atoms with E-state index in [-0.39, 0.29) is 30.4 Å². The summed E-state index contributed by atoms with van der Waals surface area (Å²) < 4.78 is 30.2. The van der Waals surface area contributed by atoms with Crippen molar-refractivity contribution in [2.24, 2.45) is 11.8 Å². The molecule has 0 unspecified atom stereocenters. The number of halogens is 1. The summed E-state index contributed by atoms with van der Waals surface area (Å²) in [5, 5.41) is 7.58. The van der Waals surface area contributed by atoms with Crippen LogP contribution in [-0.2, 0) is 6.61 Å². The second-order valence-corrected chi connectivity index (χ2v) is 8.41. The molecule has 1 saturated carbocycles. The molecule has 8 heteroatoms. The molecule has 0 bridgehead atoms. The van der Waals surface area contributed by atoms with Crippen LogP contribution in [0.15, 0.2) is 53.2 Å². The monoisotopic (exact) mass is 437 g/mol. The Labute approximate surface area is 185 Å². The summed E-state index contributed by atoms with van der Waals surface area (Å²) in [6, 6.07) is 13.5. The van der Waals surface area contributed by atoms with Crippen LogP contribution in [0.5, 0.6) is 11.5 Å². The molecule has 0 N–H and O–H groups in total. The molecule has 5 rings (SSSR count). The average molecular weight is 437 g/mol. The lowest BCUT2D eigenvalue weighted by Crippen LogP contribution is -2.32. The highest BCUT2D eigenvalue weighted by atomic mass is 19.1. The number of carbonyl (C=O) groups excluding carboxylic acids is 1. The number of fused-ring (bicyclic) bond motifs is 1. The van der Waals surface area contributed by atoms with Gasteiger partial charge in [-0.25, -0.2) is 9.02 Å². The second kappa shape index (κ2) is 8.61. The van der Waals surface area contributed by atoms with E-state index in [1.54, 1.807) is 31.2 Å². The lowest BCUT2D eigenvalue weighted by atomic mass is 9.99. The quantitative estimate of drug-likeness (QED) is 0.580. The van der Waals surface area contributed by atoms with Crippen LogP contribution in [-0.4, -0.2) is 40.3 Å². The Morgan fingerprint density at radius 1 is 1.16 bits per heavy atom. The maximum atomic E-state index is 13.5. The SMILES string of the molecule is Cc1nonc1COc1ccccc1C(=O)N1C[C@@H]2CC[C@H](Oc3cccc(F)c3)[C@@H]2C1. The maximum absolute atomic E-state index is 13.5. The number of aryl methyl sites for hydroxylation is 1. The minimum Gasteiger partial charge on any atom is -0.490 e. The number of carbonyl (C=O) groups is 1. The summed E-state index contributed by atoms with van der Waals surface area (Å²) in [6.07, 6.45) is 1.89. The number of aromatic nitrogens is 2. The Balaban J connectivity index is 1.26. The molecule has 1 saturated heterocycles. The van der Waals surface area contributed by atoms with Gasteiger partial charge in [-0.3, -0.25) is 4.79 Å². The van der Waals surface area contributed by atoms with E-state index in [2.05, 4.69) is 10.3 Å². The first-order chi connectivity index (χ1) is 15.6. The standard InChI is InChI=1S/C24H24FN3O4/c1-15-21(27-32-26-15)14-30-22-8-3-2-7-19(22)24(29)28-12-16-9-10-23(20(16)13-28)31-18-6-4-5-17(25)11-18/h2-8,11,16,20,23H,9-10,12-14H2,1H3/t16-,20+,23-/m0/s1. The van der Waals surface area contributed by atoms with E-state index >= 15 is 0 Å². The number of benzene rings is 2. The average Bonchev–Trinajstić information content (AvgIpc) is 3.49. The molecular formula is C24H24FN3O4. The number of rotatable bonds is 6. The van der Waals surface area contributed by atoms with E-state index in [0.29, 0.717) is 47.5 Å². The topological polar surface area (TPSA) is 77.7 Å². The Hall–Kier alpha value is -3.42. The van der Waals surface area contributed by atoms with Gasteiger partial charge in [0.1, 0.15) is 41.4 Å². The predicted molar refractivity (Wildman–Crippen MR) is 113 cm³/mol. The zero-order valence-electron chi connectivity index (χ0n) is 17.7. The molecule has 2 heterocycles. The second-order valence-electron chi connectivity index (χ2n) is 8.41. The zero-order valence-corrected chi connectivity index (χ0v) is 17.7. The smallest absolute Gasteiger partial charge is 0.257 e. The molecule has 2 fully saturated rings. The van der Waals surface area contributed by atoms with Gasteiger partial charge in [0.2, 0.25) is 0 Å². The molecule has 7 nitrogen and oxygen atoms in total. The van der Waals surface area contributed by atoms with Crippen molar-refractivity contribution in [2.45, 2.75) is 32.5 Å². The van der Waals surface area contributed by atoms with Gasteiger partial charge in [0.05, 0.1) is 5.56 Å². The van der Waals surface area contributed by atoms with Gasteiger partial charge in [-0.05, 0) is 49.9 Å². The normalized spacial score (nSPS) is 22.1. The van der Waals surface area contributed by atoms with E-state index in [1.165, 1.54) is 12.1 Å². The molecule has 1 aliphatic heterocycles. The van der Waals surface area contributed by atoms with Gasteiger partial charge >= 0.3 is 0 Å². The van der Waals surface area contributed by atoms with Crippen LogP contribution in [0.2, 0.25) is 0 Å². The number of hydrogen-bond donors (Lipinski definition) is 0. The number of likely N-dealkylation sites (tertiary alicyclic amines) is 1. The van der Waals surface area contributed by atoms with Gasteiger partial charge in [0.15, 0.2) is 0 Å². The molecule has 3 aromatic rings. The lowest BCUT2D eigenvalue weighted by Gasteiger charge is -2.22. The van der Waals surface area contributed by atoms with Gasteiger partial charge in [-0.2, -0.15) is 0 Å². The highest BCUT2D eigenvalue weighted by Crippen LogP contribution is 2.41. The molecule has 166 valence electrons. The molecule has 0 radical (unpaired) electrons. The minimum atomic E-state index is -0.312. The van der Waals surface area contributed by atoms with E-state index in [1.807, 2.05) is 17.0 Å². The van der Waals surface area contributed by atoms with Crippen LogP contribution in [0.3, 0.4) is 0 Å². The first-order valence-electron chi connectivity index (χ1n) is 10.8. The van der Waals surface area contributed by atoms with Crippen LogP contribution in [0.4, 0.5) is 4.39 Å². The molecule has 1 aromatic heterocycles. The molecular weight excluding hydrogens is 413 g/mol. The number of amides is 1. The number of hydrogen-bond acceptors (Lipinski definition) is 6. The maximum Gasteiger partial charge on any atom is 0.257 e. The first-order valence-corrected chi connectivity index (χ1v) is 10.8. The van der Waals surface area contributed by atoms with E-state index in [4.69, 9.17) is 14.1 Å². The van der Waals surface area contributed by atoms with Crippen molar-refractivity contribution in [3.05, 3.63) is 71.3 Å². The predicted octanol–water partition coefficient (Wildman–Crippen LogP) is 4.03. The summed E-state index contributed by atoms with van der Waals surface area (Å²) in [6.45, 7) is 3.27. The van der Waals surface area contributed by atoms with Gasteiger partial charge in [0, 0.05) is 25.1 Å². The number of ether oxygens (including phenoxy) is 2. The van der Waals surface area contributed by atoms with Crippen LogP contribution in [0.1, 0.15) is 34.6 Å². The van der Waals surface area contributed by atoms with Gasteiger partial charge in [-0.15, -0.1) is 0 Å². The van der Waals surface area contributed by atoms with Gasteiger partial charge in [-0.1, -0.05) is 28.5 Å². The summed E-state index contributed by atoms with van der Waals surface area (Å²) >= 11 is 0. The third-order valence-corrected chi connectivity index (χ3v) is 6.39. The molecule has 1 aliphatic carbocycles. The molecule has 2 aliphatic rings. The van der Waals surface area contributed by atoms with Crippen molar-refractivity contribution in [2.75, 3.05) is 13.1 Å². The Bertz CT molecular complexity index is 1120. The van der Waals surface area contributed by atoms with E-state index in [0.717, 1.165) is 12.8 Å². The van der Waals surface area contributed by atoms with E-state index < -0.39 is 0 Å². The fraction of sp³-hybridized carbons (Fsp3) is 0.375. The van der Waals surface area contributed by atoms with Crippen molar-refractivity contribution in [1.29, 1.82) is 0 Å². The largest absolute Gasteiger partial charge is 0.490 e. The highest BCUT2D eigenvalue weighted by Gasteiger charge is 2.45. The van der Waals surface area contributed by atoms with Crippen molar-refractivity contribution in [3.63, 3.8) is 0 Å². The summed E-state index contributed by atoms with van der Waals surface area (Å²) in [4.78, 5) is 15.2. The summed E-state index contributed by atoms with van der Waals surface area (Å²) in [5.41, 5.74) is 1.77. The molecule has 1 amide bonds. The van der Waals surface area contributed by atoms with E-state index in [9.17, 15) is 9.18 Å². The van der Waals surface area contributed by atoms with Crippen LogP contribution >= 0.6 is 0 Å². The fourth-order valence-electron chi connectivity index (χ4n) is 4.71. The zero-order chi connectivity index (χ0) is 22.1. The molecule has 32 heavy (non-hydrogen) atoms. The fourth-order valence-corrected chi connectivity index (χ4v) is 4.71. The Morgan fingerprint density at radius 2 is 2.03 bits per heavy atom. The van der Waals surface area contributed by atoms with Gasteiger partial charge < -0.3 is 14.4 Å². The highest BCUT2D eigenvalue weighted by molar-refractivity contribution is 5.97. The lowest BCUT2D eigenvalue weighted by molar-refractivity contribution is 0.0757. The Kier molecular flexibility index (Phi) is 5.51. The van der Waals surface area contributed by atoms with Crippen LogP contribution in [0.25, 0.3) is 0 Å². The third kappa shape index (κ3) is 4.04. The van der Waals surface area contributed by atoms with Crippen molar-refractivity contribution < 1.29 is 23.3 Å². The van der Waals surface area contributed by atoms with Crippen molar-refractivity contribution in [1.82, 2.24) is 15.2 Å². The van der Waals surface area contributed by atoms with Crippen LogP contribution < -0.4 is 9.47 Å². The molecule has 2 aromatic carbocycles. The third-order valence-electron chi connectivity index (χ3n) is 6.39. The molecule has 3 atom stereocenters. The van der Waals surface area contributed by atoms with Gasteiger partial charge in [0.25, 0.3) is 5.91 Å². The molecule has 0 spiro atoms. The summed E-state index contributed by atoms with van der Waals surface area (Å²) in [5.74, 6) is 1.29. The Morgan fingerprint density at radius 3 is 2.84 bits per heavy atom. The van der Waals surface area contributed by atoms with Crippen molar-refractivity contribution in [3.8, 4) is 11.5 Å². The number of para-hydroxylation sites is 1.